The summed E-state index contributed by atoms with van der Waals surface area (Å²) in [6.45, 7) is 8.84. The van der Waals surface area contributed by atoms with Gasteiger partial charge in [-0.3, -0.25) is 14.5 Å². The Hall–Kier alpha value is -3.15. The number of primary amides is 1. The second-order valence-corrected chi connectivity index (χ2v) is 9.22. The van der Waals surface area contributed by atoms with E-state index in [2.05, 4.69) is 33.8 Å². The number of anilines is 2. The summed E-state index contributed by atoms with van der Waals surface area (Å²) in [6.07, 6.45) is 1.67. The van der Waals surface area contributed by atoms with Crippen LogP contribution in [0, 0.1) is 0 Å². The van der Waals surface area contributed by atoms with E-state index in [1.54, 1.807) is 12.1 Å². The van der Waals surface area contributed by atoms with Crippen LogP contribution in [0.5, 0.6) is 0 Å². The number of carbonyl (C=O) groups excluding carboxylic acids is 2. The first-order valence-corrected chi connectivity index (χ1v) is 10.0. The van der Waals surface area contributed by atoms with Crippen LogP contribution < -0.4 is 10.6 Å². The topological polar surface area (TPSA) is 101 Å². The predicted octanol–water partition coefficient (Wildman–Crippen LogP) is 4.27. The maximum Gasteiger partial charge on any atom is 0.335 e. The molecule has 0 saturated carbocycles. The molecule has 0 aromatic heterocycles. The monoisotopic (exact) mass is 408 g/mol. The normalized spacial score (nSPS) is 16.4. The van der Waals surface area contributed by atoms with E-state index in [4.69, 9.17) is 10.8 Å². The molecule has 3 N–H and O–H groups in total. The molecule has 158 valence electrons. The highest BCUT2D eigenvalue weighted by Gasteiger charge is 2.37. The number of rotatable bonds is 5. The first-order valence-electron chi connectivity index (χ1n) is 10.0. The molecule has 1 aliphatic rings. The summed E-state index contributed by atoms with van der Waals surface area (Å²) < 4.78 is 0. The molecule has 0 unspecified atom stereocenters. The van der Waals surface area contributed by atoms with Gasteiger partial charge in [0.2, 0.25) is 11.8 Å². The second kappa shape index (κ2) is 7.59. The molecule has 2 aromatic rings. The van der Waals surface area contributed by atoms with E-state index < -0.39 is 24.2 Å². The third-order valence-corrected chi connectivity index (χ3v) is 6.04. The molecule has 3 rings (SSSR count). The van der Waals surface area contributed by atoms with E-state index in [1.165, 1.54) is 28.2 Å². The van der Waals surface area contributed by atoms with Gasteiger partial charge in [-0.05, 0) is 71.2 Å². The van der Waals surface area contributed by atoms with Crippen molar-refractivity contribution in [1.82, 2.24) is 0 Å². The van der Waals surface area contributed by atoms with Crippen molar-refractivity contribution >= 4 is 29.2 Å². The number of amides is 2. The molecule has 2 amide bonds. The van der Waals surface area contributed by atoms with Crippen molar-refractivity contribution in [2.45, 2.75) is 57.8 Å². The van der Waals surface area contributed by atoms with Crippen LogP contribution in [-0.2, 0) is 20.4 Å². The molecule has 0 spiro atoms. The third kappa shape index (κ3) is 4.08. The third-order valence-electron chi connectivity index (χ3n) is 6.04. The van der Waals surface area contributed by atoms with Crippen LogP contribution in [0.3, 0.4) is 0 Å². The van der Waals surface area contributed by atoms with Crippen molar-refractivity contribution in [2.75, 3.05) is 4.90 Å². The molecule has 2 aromatic carbocycles. The molecular weight excluding hydrogens is 380 g/mol. The Balaban J connectivity index is 2.13. The van der Waals surface area contributed by atoms with E-state index in [0.717, 1.165) is 12.8 Å². The van der Waals surface area contributed by atoms with Crippen LogP contribution in [0.2, 0.25) is 0 Å². The summed E-state index contributed by atoms with van der Waals surface area (Å²) in [5.74, 6) is -2.22. The predicted molar refractivity (Wildman–Crippen MR) is 116 cm³/mol. The van der Waals surface area contributed by atoms with Gasteiger partial charge in [0.05, 0.1) is 5.56 Å². The minimum atomic E-state index is -1.05. The average Bonchev–Trinajstić information content (AvgIpc) is 2.65. The van der Waals surface area contributed by atoms with Crippen LogP contribution in [0.1, 0.15) is 68.4 Å². The number of hydrogen-bond donors (Lipinski definition) is 2. The van der Waals surface area contributed by atoms with Gasteiger partial charge in [-0.1, -0.05) is 33.8 Å². The molecule has 0 aliphatic heterocycles. The summed E-state index contributed by atoms with van der Waals surface area (Å²) >= 11 is 0. The van der Waals surface area contributed by atoms with E-state index in [1.807, 2.05) is 12.1 Å². The number of fused-ring (bicyclic) bond motifs is 1. The van der Waals surface area contributed by atoms with Crippen LogP contribution >= 0.6 is 0 Å². The Bertz CT molecular complexity index is 1010. The zero-order valence-corrected chi connectivity index (χ0v) is 17.9. The molecule has 0 radical (unpaired) electrons. The smallest absolute Gasteiger partial charge is 0.335 e. The van der Waals surface area contributed by atoms with Crippen LogP contribution in [0.15, 0.2) is 42.5 Å². The number of carboxylic acids is 1. The lowest BCUT2D eigenvalue weighted by molar-refractivity contribution is -0.125. The summed E-state index contributed by atoms with van der Waals surface area (Å²) in [5.41, 5.74) is 8.93. The molecule has 6 heteroatoms. The zero-order valence-electron chi connectivity index (χ0n) is 17.9. The number of nitrogens with zero attached hydrogens (tertiary/aromatic N) is 1. The molecule has 30 heavy (non-hydrogen) atoms. The number of nitrogens with two attached hydrogens (primary N) is 1. The van der Waals surface area contributed by atoms with E-state index in [-0.39, 0.29) is 16.4 Å². The first-order chi connectivity index (χ1) is 13.9. The van der Waals surface area contributed by atoms with Gasteiger partial charge >= 0.3 is 5.97 Å². The van der Waals surface area contributed by atoms with Gasteiger partial charge in [0.15, 0.2) is 0 Å². The van der Waals surface area contributed by atoms with Crippen molar-refractivity contribution in [1.29, 1.82) is 0 Å². The molecule has 6 nitrogen and oxygen atoms in total. The molecule has 0 heterocycles. The van der Waals surface area contributed by atoms with Crippen LogP contribution in [0.25, 0.3) is 0 Å². The van der Waals surface area contributed by atoms with Crippen molar-refractivity contribution in [2.24, 2.45) is 5.73 Å². The summed E-state index contributed by atoms with van der Waals surface area (Å²) in [5, 5.41) is 9.16. The lowest BCUT2D eigenvalue weighted by atomic mass is 9.63. The highest BCUT2D eigenvalue weighted by molar-refractivity contribution is 6.09. The Kier molecular flexibility index (Phi) is 5.46. The lowest BCUT2D eigenvalue weighted by Crippen LogP contribution is -2.35. The molecule has 1 aliphatic carbocycles. The minimum Gasteiger partial charge on any atom is -0.478 e. The van der Waals surface area contributed by atoms with Crippen LogP contribution in [-0.4, -0.2) is 22.9 Å². The number of aromatic carboxylic acids is 1. The zero-order chi connectivity index (χ0) is 22.3. The minimum absolute atomic E-state index is 0.0363. The highest BCUT2D eigenvalue weighted by atomic mass is 16.4. The second-order valence-electron chi connectivity index (χ2n) is 9.22. The molecule has 0 bridgehead atoms. The fourth-order valence-electron chi connectivity index (χ4n) is 4.13. The first kappa shape index (κ1) is 21.6. The quantitative estimate of drug-likeness (QED) is 0.721. The maximum atomic E-state index is 12.9. The van der Waals surface area contributed by atoms with Crippen molar-refractivity contribution in [3.8, 4) is 0 Å². The van der Waals surface area contributed by atoms with Crippen molar-refractivity contribution in [3.05, 3.63) is 59.2 Å². The molecule has 0 saturated heterocycles. The van der Waals surface area contributed by atoms with Gasteiger partial charge in [0.1, 0.15) is 6.42 Å². The number of carbonyl (C=O) groups is 3. The van der Waals surface area contributed by atoms with Crippen molar-refractivity contribution < 1.29 is 19.5 Å². The van der Waals surface area contributed by atoms with Gasteiger partial charge in [-0.15, -0.1) is 0 Å². The van der Waals surface area contributed by atoms with Gasteiger partial charge < -0.3 is 10.8 Å². The van der Waals surface area contributed by atoms with Gasteiger partial charge in [0.25, 0.3) is 0 Å². The Morgan fingerprint density at radius 2 is 1.43 bits per heavy atom. The Morgan fingerprint density at radius 1 is 0.900 bits per heavy atom. The Labute approximate surface area is 176 Å². The van der Waals surface area contributed by atoms with Crippen LogP contribution in [0.4, 0.5) is 11.4 Å². The molecule has 0 fully saturated rings. The van der Waals surface area contributed by atoms with Gasteiger partial charge in [-0.2, -0.15) is 0 Å². The van der Waals surface area contributed by atoms with E-state index in [9.17, 15) is 14.4 Å². The fraction of sp³-hybridized carbons (Fsp3) is 0.375. The van der Waals surface area contributed by atoms with E-state index in [0.29, 0.717) is 11.4 Å². The largest absolute Gasteiger partial charge is 0.478 e. The number of hydrogen-bond acceptors (Lipinski definition) is 3. The number of carboxylic acid groups (broad SMARTS) is 1. The summed E-state index contributed by atoms with van der Waals surface area (Å²) in [7, 11) is 0. The summed E-state index contributed by atoms with van der Waals surface area (Å²) in [6, 6.07) is 12.0. The average molecular weight is 408 g/mol. The SMILES string of the molecule is CC1(C)CCC(C)(C)c2cc(N(C(=O)CC(N)=O)c3ccc(C(=O)O)cc3)ccc21. The van der Waals surface area contributed by atoms with Gasteiger partial charge in [-0.25, -0.2) is 4.79 Å². The Morgan fingerprint density at radius 3 is 1.97 bits per heavy atom. The van der Waals surface area contributed by atoms with Gasteiger partial charge in [0, 0.05) is 11.4 Å². The lowest BCUT2D eigenvalue weighted by Gasteiger charge is -2.42. The maximum absolute atomic E-state index is 12.9. The summed E-state index contributed by atoms with van der Waals surface area (Å²) in [4.78, 5) is 37.0. The number of benzene rings is 2. The van der Waals surface area contributed by atoms with Crippen molar-refractivity contribution in [3.63, 3.8) is 0 Å². The fourth-order valence-corrected chi connectivity index (χ4v) is 4.13. The molecule has 0 atom stereocenters. The highest BCUT2D eigenvalue weighted by Crippen LogP contribution is 2.47. The van der Waals surface area contributed by atoms with E-state index >= 15 is 0 Å². The standard InChI is InChI=1S/C24H28N2O4/c1-23(2)11-12-24(3,4)19-13-17(9-10-18(19)23)26(21(28)14-20(25)27)16-7-5-15(6-8-16)22(29)30/h5-10,13H,11-12,14H2,1-4H3,(H2,25,27)(H,29,30). The molecular formula is C24H28N2O4.